The van der Waals surface area contributed by atoms with E-state index in [1.165, 1.54) is 10.7 Å². The van der Waals surface area contributed by atoms with E-state index in [1.807, 2.05) is 24.8 Å². The molecule has 176 valence electrons. The second-order valence-corrected chi connectivity index (χ2v) is 9.71. The van der Waals surface area contributed by atoms with Crippen molar-refractivity contribution in [2.24, 2.45) is 5.92 Å². The number of para-hydroxylation sites is 1. The molecule has 8 nitrogen and oxygen atoms in total. The molecular weight excluding hydrogens is 423 g/mol. The van der Waals surface area contributed by atoms with Crippen LogP contribution in [0.4, 0.5) is 4.39 Å². The lowest BCUT2D eigenvalue weighted by Crippen LogP contribution is -2.37. The van der Waals surface area contributed by atoms with Crippen molar-refractivity contribution in [3.05, 3.63) is 35.6 Å². The number of carbonyl (C=O) groups is 1. The molecule has 4 heterocycles. The van der Waals surface area contributed by atoms with Gasteiger partial charge in [-0.05, 0) is 55.4 Å². The van der Waals surface area contributed by atoms with Gasteiger partial charge in [0.2, 0.25) is 11.8 Å². The third kappa shape index (κ3) is 4.26. The molecule has 0 spiro atoms. The van der Waals surface area contributed by atoms with E-state index >= 15 is 0 Å². The van der Waals surface area contributed by atoms with Crippen molar-refractivity contribution in [2.75, 3.05) is 32.7 Å². The first kappa shape index (κ1) is 22.0. The fraction of sp³-hybridized carbons (Fsp3) is 0.583. The topological polar surface area (TPSA) is 80.3 Å². The van der Waals surface area contributed by atoms with Gasteiger partial charge in [-0.1, -0.05) is 26.0 Å². The van der Waals surface area contributed by atoms with Crippen LogP contribution in [0, 0.1) is 11.7 Å². The summed E-state index contributed by atoms with van der Waals surface area (Å²) < 4.78 is 21.8. The van der Waals surface area contributed by atoms with Gasteiger partial charge in [-0.2, -0.15) is 14.8 Å². The van der Waals surface area contributed by atoms with Crippen LogP contribution in [-0.4, -0.2) is 68.4 Å². The van der Waals surface area contributed by atoms with Crippen LogP contribution in [-0.2, 0) is 4.79 Å². The van der Waals surface area contributed by atoms with Crippen LogP contribution >= 0.6 is 0 Å². The molecule has 1 amide bonds. The average molecular weight is 455 g/mol. The maximum Gasteiger partial charge on any atom is 0.291 e. The lowest BCUT2D eigenvalue weighted by atomic mass is 9.95. The van der Waals surface area contributed by atoms with Crippen LogP contribution in [0.3, 0.4) is 0 Å². The Hall–Kier alpha value is -2.81. The van der Waals surface area contributed by atoms with E-state index in [9.17, 15) is 9.18 Å². The van der Waals surface area contributed by atoms with Gasteiger partial charge in [-0.15, -0.1) is 0 Å². The maximum atomic E-state index is 14.7. The Balaban J connectivity index is 1.27. The number of hydrogen-bond donors (Lipinski definition) is 0. The summed E-state index contributed by atoms with van der Waals surface area (Å²) in [4.78, 5) is 20.6. The summed E-state index contributed by atoms with van der Waals surface area (Å²) in [7, 11) is 0. The Labute approximate surface area is 192 Å². The molecule has 2 aromatic heterocycles. The molecular formula is C24H31FN6O2. The minimum atomic E-state index is -0.346. The van der Waals surface area contributed by atoms with Crippen molar-refractivity contribution in [1.82, 2.24) is 29.7 Å². The van der Waals surface area contributed by atoms with E-state index < -0.39 is 0 Å². The smallest absolute Gasteiger partial charge is 0.291 e. The summed E-state index contributed by atoms with van der Waals surface area (Å²) >= 11 is 0. The first-order valence-corrected chi connectivity index (χ1v) is 11.9. The van der Waals surface area contributed by atoms with Crippen LogP contribution in [0.5, 0.6) is 0 Å². The van der Waals surface area contributed by atoms with Gasteiger partial charge in [0.15, 0.2) is 0 Å². The summed E-state index contributed by atoms with van der Waals surface area (Å²) in [5.74, 6) is 1.60. The van der Waals surface area contributed by atoms with Crippen molar-refractivity contribution in [2.45, 2.75) is 51.9 Å². The normalized spacial score (nSPS) is 20.4. The predicted octanol–water partition coefficient (Wildman–Crippen LogP) is 3.72. The highest BCUT2D eigenvalue weighted by molar-refractivity contribution is 5.84. The van der Waals surface area contributed by atoms with Gasteiger partial charge < -0.3 is 14.3 Å². The molecule has 33 heavy (non-hydrogen) atoms. The lowest BCUT2D eigenvalue weighted by Gasteiger charge is -2.32. The molecule has 0 unspecified atom stereocenters. The maximum absolute atomic E-state index is 14.7. The SMILES string of the molecule is CC(=O)N1CC[C@H](CN2CCC(c3nc(-n4nc(C(C)C)c5cccc(F)c54)no3)CC2)C1. The minimum absolute atomic E-state index is 0.147. The Morgan fingerprint density at radius 3 is 2.70 bits per heavy atom. The molecule has 2 saturated heterocycles. The molecule has 5 rings (SSSR count). The Morgan fingerprint density at radius 2 is 2.00 bits per heavy atom. The monoisotopic (exact) mass is 454 g/mol. The Morgan fingerprint density at radius 1 is 1.21 bits per heavy atom. The molecule has 0 saturated carbocycles. The molecule has 9 heteroatoms. The molecule has 0 aliphatic carbocycles. The number of rotatable bonds is 5. The summed E-state index contributed by atoms with van der Waals surface area (Å²) in [5, 5.41) is 9.55. The van der Waals surface area contributed by atoms with Crippen molar-refractivity contribution in [1.29, 1.82) is 0 Å². The zero-order chi connectivity index (χ0) is 23.1. The van der Waals surface area contributed by atoms with Crippen molar-refractivity contribution < 1.29 is 13.7 Å². The van der Waals surface area contributed by atoms with Crippen LogP contribution < -0.4 is 0 Å². The molecule has 0 radical (unpaired) electrons. The number of carbonyl (C=O) groups excluding carboxylic acids is 1. The van der Waals surface area contributed by atoms with E-state index in [1.54, 1.807) is 13.0 Å². The quantitative estimate of drug-likeness (QED) is 0.585. The number of hydrogen-bond acceptors (Lipinski definition) is 6. The Kier molecular flexibility index (Phi) is 5.90. The summed E-state index contributed by atoms with van der Waals surface area (Å²) in [6.07, 6.45) is 2.96. The first-order chi connectivity index (χ1) is 15.9. The van der Waals surface area contributed by atoms with Crippen LogP contribution in [0.1, 0.15) is 63.5 Å². The fourth-order valence-corrected chi connectivity index (χ4v) is 5.19. The number of benzene rings is 1. The van der Waals surface area contributed by atoms with Gasteiger partial charge in [0, 0.05) is 37.9 Å². The standard InChI is InChI=1S/C24H31FN6O2/c1-15(2)21-19-5-4-6-20(25)22(19)31(27-21)24-26-23(33-28-24)18-8-10-29(11-9-18)13-17-7-12-30(14-17)16(3)32/h4-6,15,17-18H,7-14H2,1-3H3/t17-/m1/s1. The number of amides is 1. The Bertz CT molecular complexity index is 1150. The molecule has 2 aliphatic heterocycles. The van der Waals surface area contributed by atoms with Gasteiger partial charge >= 0.3 is 0 Å². The van der Waals surface area contributed by atoms with Gasteiger partial charge in [-0.25, -0.2) is 4.39 Å². The largest absolute Gasteiger partial charge is 0.343 e. The third-order valence-electron chi connectivity index (χ3n) is 7.03. The highest BCUT2D eigenvalue weighted by Gasteiger charge is 2.30. The van der Waals surface area contributed by atoms with E-state index in [4.69, 9.17) is 4.52 Å². The summed E-state index contributed by atoms with van der Waals surface area (Å²) in [6, 6.07) is 5.02. The van der Waals surface area contributed by atoms with Crippen LogP contribution in [0.25, 0.3) is 16.9 Å². The number of halogens is 1. The summed E-state index contributed by atoms with van der Waals surface area (Å²) in [6.45, 7) is 10.4. The molecule has 2 aliphatic rings. The number of fused-ring (bicyclic) bond motifs is 1. The molecule has 3 aromatic rings. The van der Waals surface area contributed by atoms with Gasteiger partial charge in [0.05, 0.1) is 5.69 Å². The first-order valence-electron chi connectivity index (χ1n) is 11.9. The molecule has 1 atom stereocenters. The second-order valence-electron chi connectivity index (χ2n) is 9.71. The number of nitrogens with zero attached hydrogens (tertiary/aromatic N) is 6. The van der Waals surface area contributed by atoms with Crippen molar-refractivity contribution in [3.63, 3.8) is 0 Å². The zero-order valence-electron chi connectivity index (χ0n) is 19.5. The van der Waals surface area contributed by atoms with Gasteiger partial charge in [-0.3, -0.25) is 4.79 Å². The predicted molar refractivity (Wildman–Crippen MR) is 122 cm³/mol. The lowest BCUT2D eigenvalue weighted by molar-refractivity contribution is -0.127. The molecule has 1 aromatic carbocycles. The zero-order valence-corrected chi connectivity index (χ0v) is 19.5. The molecule has 0 bridgehead atoms. The van der Waals surface area contributed by atoms with E-state index in [-0.39, 0.29) is 29.5 Å². The van der Waals surface area contributed by atoms with E-state index in [2.05, 4.69) is 20.1 Å². The molecule has 0 N–H and O–H groups in total. The van der Waals surface area contributed by atoms with Gasteiger partial charge in [0.25, 0.3) is 5.95 Å². The number of aromatic nitrogens is 4. The average Bonchev–Trinajstić information content (AvgIpc) is 3.53. The third-order valence-corrected chi connectivity index (χ3v) is 7.03. The van der Waals surface area contributed by atoms with Crippen LogP contribution in [0.2, 0.25) is 0 Å². The number of likely N-dealkylation sites (tertiary alicyclic amines) is 2. The highest BCUT2D eigenvalue weighted by atomic mass is 19.1. The van der Waals surface area contributed by atoms with E-state index in [0.717, 1.165) is 63.1 Å². The minimum Gasteiger partial charge on any atom is -0.343 e. The molecule has 2 fully saturated rings. The number of piperidine rings is 1. The summed E-state index contributed by atoms with van der Waals surface area (Å²) in [5.41, 5.74) is 1.21. The van der Waals surface area contributed by atoms with Crippen LogP contribution in [0.15, 0.2) is 22.7 Å². The van der Waals surface area contributed by atoms with Crippen molar-refractivity contribution >= 4 is 16.8 Å². The fourth-order valence-electron chi connectivity index (χ4n) is 5.19. The van der Waals surface area contributed by atoms with Crippen molar-refractivity contribution in [3.8, 4) is 5.95 Å². The van der Waals surface area contributed by atoms with E-state index in [0.29, 0.717) is 17.3 Å². The van der Waals surface area contributed by atoms with Gasteiger partial charge in [0.1, 0.15) is 11.3 Å². The highest BCUT2D eigenvalue weighted by Crippen LogP contribution is 2.31. The second kappa shape index (κ2) is 8.85.